The average Bonchev–Trinajstić information content (AvgIpc) is 2.39. The van der Waals surface area contributed by atoms with E-state index in [2.05, 4.69) is 0 Å². The van der Waals surface area contributed by atoms with Gasteiger partial charge in [-0.15, -0.1) is 0 Å². The van der Waals surface area contributed by atoms with Crippen molar-refractivity contribution in [3.8, 4) is 0 Å². The summed E-state index contributed by atoms with van der Waals surface area (Å²) in [5.74, 6) is 0.0187. The lowest BCUT2D eigenvalue weighted by Gasteiger charge is -2.37. The van der Waals surface area contributed by atoms with Gasteiger partial charge in [0.05, 0.1) is 11.4 Å². The van der Waals surface area contributed by atoms with Crippen LogP contribution in [0.25, 0.3) is 0 Å². The fraction of sp³-hybridized carbons (Fsp3) is 0.562. The molecule has 0 unspecified atom stereocenters. The molecule has 1 amide bonds. The van der Waals surface area contributed by atoms with Gasteiger partial charge in [0.15, 0.2) is 0 Å². The first-order valence-corrected chi connectivity index (χ1v) is 7.53. The number of carbonyl (C=O) groups excluding carboxylic acids is 1. The van der Waals surface area contributed by atoms with E-state index in [1.54, 1.807) is 6.07 Å². The first-order chi connectivity index (χ1) is 10.0. The minimum absolute atomic E-state index is 0.0187. The zero-order valence-electron chi connectivity index (χ0n) is 12.9. The van der Waals surface area contributed by atoms with Gasteiger partial charge in [0, 0.05) is 38.9 Å². The Morgan fingerprint density at radius 2 is 2.10 bits per heavy atom. The van der Waals surface area contributed by atoms with E-state index in [1.165, 1.54) is 6.42 Å². The summed E-state index contributed by atoms with van der Waals surface area (Å²) in [5.41, 5.74) is 8.18. The minimum atomic E-state index is 0.0187. The van der Waals surface area contributed by atoms with E-state index in [9.17, 15) is 4.79 Å². The van der Waals surface area contributed by atoms with Crippen LogP contribution in [0.1, 0.15) is 36.0 Å². The molecule has 1 fully saturated rings. The number of anilines is 2. The second-order valence-corrected chi connectivity index (χ2v) is 5.83. The molecule has 1 aromatic carbocycles. The van der Waals surface area contributed by atoms with Gasteiger partial charge in [0.25, 0.3) is 5.91 Å². The number of aliphatic hydroxyl groups is 1. The highest BCUT2D eigenvalue weighted by molar-refractivity contribution is 5.96. The minimum Gasteiger partial charge on any atom is -0.397 e. The summed E-state index contributed by atoms with van der Waals surface area (Å²) in [6, 6.07) is 5.79. The highest BCUT2D eigenvalue weighted by atomic mass is 16.3. The first-order valence-electron chi connectivity index (χ1n) is 7.53. The SMILES string of the molecule is CN(C)c1ccc(C(=O)N(CCCO)C2CCC2)cc1N. The van der Waals surface area contributed by atoms with E-state index < -0.39 is 0 Å². The van der Waals surface area contributed by atoms with Crippen molar-refractivity contribution in [3.05, 3.63) is 23.8 Å². The Bertz CT molecular complexity index is 498. The molecule has 1 saturated carbocycles. The largest absolute Gasteiger partial charge is 0.397 e. The maximum absolute atomic E-state index is 12.7. The van der Waals surface area contributed by atoms with Gasteiger partial charge >= 0.3 is 0 Å². The molecular weight excluding hydrogens is 266 g/mol. The van der Waals surface area contributed by atoms with E-state index in [1.807, 2.05) is 36.0 Å². The molecule has 0 bridgehead atoms. The molecule has 116 valence electrons. The molecule has 0 aromatic heterocycles. The number of rotatable bonds is 6. The monoisotopic (exact) mass is 291 g/mol. The smallest absolute Gasteiger partial charge is 0.254 e. The Labute approximate surface area is 126 Å². The number of hydrogen-bond acceptors (Lipinski definition) is 4. The van der Waals surface area contributed by atoms with E-state index >= 15 is 0 Å². The summed E-state index contributed by atoms with van der Waals surface area (Å²) in [6.07, 6.45) is 3.91. The van der Waals surface area contributed by atoms with Crippen LogP contribution in [0.5, 0.6) is 0 Å². The fourth-order valence-electron chi connectivity index (χ4n) is 2.65. The predicted molar refractivity (Wildman–Crippen MR) is 85.6 cm³/mol. The van der Waals surface area contributed by atoms with E-state index in [0.717, 1.165) is 18.5 Å². The van der Waals surface area contributed by atoms with Gasteiger partial charge in [-0.05, 0) is 43.9 Å². The third-order valence-corrected chi connectivity index (χ3v) is 4.09. The van der Waals surface area contributed by atoms with Crippen LogP contribution in [-0.2, 0) is 0 Å². The maximum atomic E-state index is 12.7. The molecule has 0 spiro atoms. The number of carbonyl (C=O) groups is 1. The highest BCUT2D eigenvalue weighted by Gasteiger charge is 2.29. The zero-order chi connectivity index (χ0) is 15.4. The first kappa shape index (κ1) is 15.6. The van der Waals surface area contributed by atoms with Crippen LogP contribution in [0.4, 0.5) is 11.4 Å². The Kier molecular flexibility index (Phi) is 5.07. The summed E-state index contributed by atoms with van der Waals surface area (Å²) < 4.78 is 0. The van der Waals surface area contributed by atoms with Crippen LogP contribution in [0.15, 0.2) is 18.2 Å². The Morgan fingerprint density at radius 1 is 1.38 bits per heavy atom. The van der Waals surface area contributed by atoms with Crippen LogP contribution in [0.2, 0.25) is 0 Å². The molecule has 5 heteroatoms. The van der Waals surface area contributed by atoms with E-state index in [4.69, 9.17) is 10.8 Å². The highest BCUT2D eigenvalue weighted by Crippen LogP contribution is 2.28. The number of nitrogen functional groups attached to an aromatic ring is 1. The number of aliphatic hydroxyl groups excluding tert-OH is 1. The molecule has 3 N–H and O–H groups in total. The predicted octanol–water partition coefficient (Wildman–Crippen LogP) is 1.71. The lowest BCUT2D eigenvalue weighted by atomic mass is 9.90. The molecule has 0 heterocycles. The van der Waals surface area contributed by atoms with Crippen molar-refractivity contribution < 1.29 is 9.90 Å². The number of amides is 1. The molecule has 1 aromatic rings. The normalized spacial score (nSPS) is 14.6. The Balaban J connectivity index is 2.17. The molecule has 0 aliphatic heterocycles. The Morgan fingerprint density at radius 3 is 2.57 bits per heavy atom. The van der Waals surface area contributed by atoms with Gasteiger partial charge in [-0.1, -0.05) is 0 Å². The van der Waals surface area contributed by atoms with Gasteiger partial charge in [-0.2, -0.15) is 0 Å². The van der Waals surface area contributed by atoms with Crippen molar-refractivity contribution in [2.75, 3.05) is 37.9 Å². The molecule has 0 atom stereocenters. The van der Waals surface area contributed by atoms with Gasteiger partial charge in [-0.25, -0.2) is 0 Å². The summed E-state index contributed by atoms with van der Waals surface area (Å²) in [7, 11) is 3.85. The number of nitrogens with two attached hydrogens (primary N) is 1. The number of nitrogens with zero attached hydrogens (tertiary/aromatic N) is 2. The van der Waals surface area contributed by atoms with E-state index in [-0.39, 0.29) is 12.5 Å². The van der Waals surface area contributed by atoms with Crippen molar-refractivity contribution in [1.82, 2.24) is 4.90 Å². The summed E-state index contributed by atoms with van der Waals surface area (Å²) in [4.78, 5) is 16.5. The second kappa shape index (κ2) is 6.80. The molecule has 5 nitrogen and oxygen atoms in total. The van der Waals surface area contributed by atoms with Crippen LogP contribution in [0, 0.1) is 0 Å². The van der Waals surface area contributed by atoms with E-state index in [0.29, 0.717) is 30.3 Å². The van der Waals surface area contributed by atoms with Crippen LogP contribution >= 0.6 is 0 Å². The lowest BCUT2D eigenvalue weighted by molar-refractivity contribution is 0.0562. The molecular formula is C16H25N3O2. The molecule has 0 radical (unpaired) electrons. The summed E-state index contributed by atoms with van der Waals surface area (Å²) in [5, 5.41) is 9.02. The fourth-order valence-corrected chi connectivity index (χ4v) is 2.65. The van der Waals surface area contributed by atoms with Gasteiger partial charge in [0.2, 0.25) is 0 Å². The standard InChI is InChI=1S/C16H25N3O2/c1-18(2)15-8-7-12(11-14(15)17)16(21)19(9-4-10-20)13-5-3-6-13/h7-8,11,13,20H,3-6,9-10,17H2,1-2H3. The molecule has 21 heavy (non-hydrogen) atoms. The van der Waals surface area contributed by atoms with Crippen LogP contribution in [-0.4, -0.2) is 49.2 Å². The van der Waals surface area contributed by atoms with Crippen molar-refractivity contribution in [2.24, 2.45) is 0 Å². The molecule has 0 saturated heterocycles. The van der Waals surface area contributed by atoms with Crippen LogP contribution in [0.3, 0.4) is 0 Å². The lowest BCUT2D eigenvalue weighted by Crippen LogP contribution is -2.45. The average molecular weight is 291 g/mol. The Hall–Kier alpha value is -1.75. The third kappa shape index (κ3) is 3.47. The third-order valence-electron chi connectivity index (χ3n) is 4.09. The second-order valence-electron chi connectivity index (χ2n) is 5.83. The quantitative estimate of drug-likeness (QED) is 0.783. The summed E-state index contributed by atoms with van der Waals surface area (Å²) in [6.45, 7) is 0.716. The molecule has 1 aliphatic rings. The molecule has 1 aliphatic carbocycles. The maximum Gasteiger partial charge on any atom is 0.254 e. The van der Waals surface area contributed by atoms with Crippen LogP contribution < -0.4 is 10.6 Å². The van der Waals surface area contributed by atoms with Gasteiger partial charge < -0.3 is 20.6 Å². The van der Waals surface area contributed by atoms with Gasteiger partial charge in [-0.3, -0.25) is 4.79 Å². The number of benzene rings is 1. The van der Waals surface area contributed by atoms with Crippen molar-refractivity contribution in [2.45, 2.75) is 31.7 Å². The number of hydrogen-bond donors (Lipinski definition) is 2. The zero-order valence-corrected chi connectivity index (χ0v) is 12.9. The van der Waals surface area contributed by atoms with Crippen molar-refractivity contribution >= 4 is 17.3 Å². The summed E-state index contributed by atoms with van der Waals surface area (Å²) >= 11 is 0. The molecule has 2 rings (SSSR count). The van der Waals surface area contributed by atoms with Crippen molar-refractivity contribution in [1.29, 1.82) is 0 Å². The van der Waals surface area contributed by atoms with Crippen molar-refractivity contribution in [3.63, 3.8) is 0 Å². The van der Waals surface area contributed by atoms with Gasteiger partial charge in [0.1, 0.15) is 0 Å². The topological polar surface area (TPSA) is 69.8 Å².